The van der Waals surface area contributed by atoms with Gasteiger partial charge in [-0.1, -0.05) is 60.7 Å². The molecular weight excluding hydrogens is 293 g/mol. The van der Waals surface area contributed by atoms with Crippen LogP contribution in [0.25, 0.3) is 0 Å². The molecular formula is C18H22NO2P. The van der Waals surface area contributed by atoms with Crippen molar-refractivity contribution < 1.29 is 9.09 Å². The van der Waals surface area contributed by atoms with Gasteiger partial charge >= 0.3 is 0 Å². The van der Waals surface area contributed by atoms with Crippen LogP contribution >= 0.6 is 7.37 Å². The summed E-state index contributed by atoms with van der Waals surface area (Å²) < 4.78 is 16.9. The van der Waals surface area contributed by atoms with E-state index in [4.69, 9.17) is 9.52 Å². The second kappa shape index (κ2) is 8.07. The predicted molar refractivity (Wildman–Crippen MR) is 93.2 cm³/mol. The number of hydrogen-bond donors (Lipinski definition) is 0. The van der Waals surface area contributed by atoms with Gasteiger partial charge in [0.1, 0.15) is 0 Å². The Bertz CT molecular complexity index is 601. The van der Waals surface area contributed by atoms with Gasteiger partial charge in [0.2, 0.25) is 0 Å². The minimum Gasteiger partial charge on any atom is -0.332 e. The molecule has 1 atom stereocenters. The van der Waals surface area contributed by atoms with Gasteiger partial charge in [0.05, 0.1) is 6.04 Å². The Hall–Kier alpha value is -1.70. The van der Waals surface area contributed by atoms with Crippen molar-refractivity contribution in [3.63, 3.8) is 0 Å². The van der Waals surface area contributed by atoms with Crippen LogP contribution in [0.4, 0.5) is 0 Å². The summed E-state index contributed by atoms with van der Waals surface area (Å²) in [5.41, 5.74) is 2.30. The quantitative estimate of drug-likeness (QED) is 0.544. The molecule has 0 amide bonds. The molecule has 0 aliphatic carbocycles. The molecule has 0 aromatic heterocycles. The Balaban J connectivity index is 2.14. The van der Waals surface area contributed by atoms with E-state index in [1.807, 2.05) is 42.6 Å². The molecule has 0 heterocycles. The molecule has 1 unspecified atom stereocenters. The predicted octanol–water partition coefficient (Wildman–Crippen LogP) is 4.79. The molecule has 0 fully saturated rings. The lowest BCUT2D eigenvalue weighted by Gasteiger charge is -2.14. The van der Waals surface area contributed by atoms with Crippen LogP contribution < -0.4 is 0 Å². The molecule has 0 aliphatic rings. The monoisotopic (exact) mass is 315 g/mol. The van der Waals surface area contributed by atoms with E-state index in [-0.39, 0.29) is 6.04 Å². The first-order valence-corrected chi connectivity index (χ1v) is 9.62. The summed E-state index contributed by atoms with van der Waals surface area (Å²) in [7, 11) is -0.974. The maximum absolute atomic E-state index is 11.9. The summed E-state index contributed by atoms with van der Waals surface area (Å²) in [6.45, 7) is 1.66. The molecule has 2 aromatic carbocycles. The molecule has 22 heavy (non-hydrogen) atoms. The van der Waals surface area contributed by atoms with Crippen LogP contribution in [0.1, 0.15) is 23.6 Å². The first-order chi connectivity index (χ1) is 10.6. The lowest BCUT2D eigenvalue weighted by atomic mass is 9.99. The average molecular weight is 315 g/mol. The summed E-state index contributed by atoms with van der Waals surface area (Å²) >= 11 is 0. The van der Waals surface area contributed by atoms with Gasteiger partial charge in [0.25, 0.3) is 0 Å². The Morgan fingerprint density at radius 2 is 1.55 bits per heavy atom. The first kappa shape index (κ1) is 16.7. The SMILES string of the molecule is COP(C)(=O)CCC=NC(c1ccccc1)c1ccccc1. The minimum atomic E-state index is -2.47. The van der Waals surface area contributed by atoms with E-state index in [0.717, 1.165) is 11.1 Å². The maximum Gasteiger partial charge on any atom is 0.200 e. The molecule has 0 saturated carbocycles. The van der Waals surface area contributed by atoms with Crippen molar-refractivity contribution in [1.82, 2.24) is 0 Å². The molecule has 4 heteroatoms. The molecule has 0 aliphatic heterocycles. The number of rotatable bonds is 7. The Labute approximate surface area is 132 Å². The topological polar surface area (TPSA) is 38.7 Å². The third-order valence-corrected chi connectivity index (χ3v) is 5.38. The smallest absolute Gasteiger partial charge is 0.200 e. The maximum atomic E-state index is 11.9. The van der Waals surface area contributed by atoms with Crippen molar-refractivity contribution in [1.29, 1.82) is 0 Å². The number of hydrogen-bond acceptors (Lipinski definition) is 3. The molecule has 3 nitrogen and oxygen atoms in total. The van der Waals surface area contributed by atoms with Crippen molar-refractivity contribution in [2.24, 2.45) is 4.99 Å². The summed E-state index contributed by atoms with van der Waals surface area (Å²) in [5.74, 6) is 0. The van der Waals surface area contributed by atoms with Crippen LogP contribution in [0.15, 0.2) is 65.7 Å². The second-order valence-corrected chi connectivity index (χ2v) is 8.11. The van der Waals surface area contributed by atoms with Crippen molar-refractivity contribution in [3.8, 4) is 0 Å². The van der Waals surface area contributed by atoms with Gasteiger partial charge in [0.15, 0.2) is 7.37 Å². The number of nitrogens with zero attached hydrogens (tertiary/aromatic N) is 1. The molecule has 0 saturated heterocycles. The molecule has 0 spiro atoms. The van der Waals surface area contributed by atoms with Gasteiger partial charge in [-0.05, 0) is 17.5 Å². The zero-order valence-corrected chi connectivity index (χ0v) is 13.9. The highest BCUT2D eigenvalue weighted by Crippen LogP contribution is 2.41. The zero-order valence-electron chi connectivity index (χ0n) is 13.1. The van der Waals surface area contributed by atoms with E-state index in [9.17, 15) is 4.57 Å². The highest BCUT2D eigenvalue weighted by atomic mass is 31.2. The number of benzene rings is 2. The second-order valence-electron chi connectivity index (χ2n) is 5.26. The van der Waals surface area contributed by atoms with Gasteiger partial charge in [0, 0.05) is 26.2 Å². The Morgan fingerprint density at radius 3 is 2.00 bits per heavy atom. The molecule has 0 radical (unpaired) electrons. The zero-order chi connectivity index (χ0) is 15.8. The fraction of sp³-hybridized carbons (Fsp3) is 0.278. The van der Waals surface area contributed by atoms with Gasteiger partial charge in [-0.3, -0.25) is 9.56 Å². The van der Waals surface area contributed by atoms with E-state index >= 15 is 0 Å². The first-order valence-electron chi connectivity index (χ1n) is 7.36. The van der Waals surface area contributed by atoms with Crippen LogP contribution in [0.3, 0.4) is 0 Å². The Morgan fingerprint density at radius 1 is 1.05 bits per heavy atom. The van der Waals surface area contributed by atoms with Gasteiger partial charge in [-0.25, -0.2) is 0 Å². The summed E-state index contributed by atoms with van der Waals surface area (Å²) in [6.07, 6.45) is 3.03. The van der Waals surface area contributed by atoms with Gasteiger partial charge in [-0.2, -0.15) is 0 Å². The average Bonchev–Trinajstić information content (AvgIpc) is 2.56. The van der Waals surface area contributed by atoms with Gasteiger partial charge < -0.3 is 4.52 Å². The van der Waals surface area contributed by atoms with Crippen molar-refractivity contribution >= 4 is 13.6 Å². The van der Waals surface area contributed by atoms with Crippen LogP contribution in [0.2, 0.25) is 0 Å². The third kappa shape index (κ3) is 4.94. The van der Waals surface area contributed by atoms with Crippen molar-refractivity contribution in [2.45, 2.75) is 12.5 Å². The van der Waals surface area contributed by atoms with Crippen LogP contribution in [0.5, 0.6) is 0 Å². The highest BCUT2D eigenvalue weighted by Gasteiger charge is 2.13. The Kier molecular flexibility index (Phi) is 6.11. The molecule has 116 valence electrons. The molecule has 2 rings (SSSR count). The van der Waals surface area contributed by atoms with Crippen molar-refractivity contribution in [2.75, 3.05) is 19.9 Å². The third-order valence-electron chi connectivity index (χ3n) is 3.54. The standard InChI is InChI=1S/C18H22NO2P/c1-21-22(2,20)15-9-14-19-18(16-10-5-3-6-11-16)17-12-7-4-8-13-17/h3-8,10-14,18H,9,15H2,1-2H3. The van der Waals surface area contributed by atoms with Crippen LogP contribution in [-0.2, 0) is 9.09 Å². The molecule has 0 N–H and O–H groups in total. The highest BCUT2D eigenvalue weighted by molar-refractivity contribution is 7.58. The van der Waals surface area contributed by atoms with Crippen molar-refractivity contribution in [3.05, 3.63) is 71.8 Å². The fourth-order valence-corrected chi connectivity index (χ4v) is 2.97. The van der Waals surface area contributed by atoms with E-state index in [1.54, 1.807) is 6.66 Å². The lowest BCUT2D eigenvalue weighted by molar-refractivity contribution is 0.399. The van der Waals surface area contributed by atoms with Crippen LogP contribution in [-0.4, -0.2) is 26.2 Å². The van der Waals surface area contributed by atoms with Gasteiger partial charge in [-0.15, -0.1) is 0 Å². The summed E-state index contributed by atoms with van der Waals surface area (Å²) in [6, 6.07) is 20.4. The van der Waals surface area contributed by atoms with E-state index < -0.39 is 7.37 Å². The lowest BCUT2D eigenvalue weighted by Crippen LogP contribution is -1.99. The summed E-state index contributed by atoms with van der Waals surface area (Å²) in [4.78, 5) is 4.70. The fourth-order valence-electron chi connectivity index (χ4n) is 2.20. The van der Waals surface area contributed by atoms with E-state index in [2.05, 4.69) is 24.3 Å². The minimum absolute atomic E-state index is 0.0267. The normalized spacial score (nSPS) is 14.3. The van der Waals surface area contributed by atoms with E-state index in [1.165, 1.54) is 7.11 Å². The number of aliphatic imine (C=N–C) groups is 1. The molecule has 0 bridgehead atoms. The van der Waals surface area contributed by atoms with Crippen LogP contribution in [0, 0.1) is 0 Å². The van der Waals surface area contributed by atoms with E-state index in [0.29, 0.717) is 12.6 Å². The molecule has 2 aromatic rings. The summed E-state index contributed by atoms with van der Waals surface area (Å²) in [5, 5.41) is 0. The largest absolute Gasteiger partial charge is 0.332 e.